The summed E-state index contributed by atoms with van der Waals surface area (Å²) in [4.78, 5) is 15.8. The van der Waals surface area contributed by atoms with Gasteiger partial charge in [-0.2, -0.15) is 0 Å². The molecular weight excluding hydrogens is 268 g/mol. The number of benzene rings is 1. The summed E-state index contributed by atoms with van der Waals surface area (Å²) >= 11 is 0. The Kier molecular flexibility index (Phi) is 4.41. The van der Waals surface area contributed by atoms with Crippen molar-refractivity contribution >= 4 is 6.09 Å². The molecule has 1 amide bonds. The number of morpholine rings is 1. The van der Waals surface area contributed by atoms with Crippen LogP contribution in [0.3, 0.4) is 0 Å². The zero-order valence-corrected chi connectivity index (χ0v) is 12.5. The van der Waals surface area contributed by atoms with Gasteiger partial charge >= 0.3 is 6.09 Å². The summed E-state index contributed by atoms with van der Waals surface area (Å²) in [5, 5.41) is 0. The zero-order valence-electron chi connectivity index (χ0n) is 12.5. The van der Waals surface area contributed by atoms with Crippen molar-refractivity contribution in [3.8, 4) is 0 Å². The van der Waals surface area contributed by atoms with Crippen molar-refractivity contribution in [2.75, 3.05) is 40.0 Å². The van der Waals surface area contributed by atoms with E-state index in [9.17, 15) is 4.79 Å². The molecule has 0 bridgehead atoms. The van der Waals surface area contributed by atoms with Crippen LogP contribution in [0.5, 0.6) is 0 Å². The molecule has 5 heteroatoms. The number of nitrogens with zero attached hydrogens (tertiary/aromatic N) is 2. The molecule has 0 saturated carbocycles. The first kappa shape index (κ1) is 14.4. The number of methoxy groups -OCH3 is 1. The fourth-order valence-electron chi connectivity index (χ4n) is 3.01. The Morgan fingerprint density at radius 2 is 2.05 bits per heavy atom. The standard InChI is InChI=1S/C16H22N2O3/c1-20-16(19)18-5-4-14-10-13(2-3-15(14)12-18)11-17-6-8-21-9-7-17/h2-3,10H,4-9,11-12H2,1H3. The molecule has 0 spiro atoms. The van der Waals surface area contributed by atoms with E-state index in [0.29, 0.717) is 6.54 Å². The van der Waals surface area contributed by atoms with E-state index >= 15 is 0 Å². The average Bonchev–Trinajstić information content (AvgIpc) is 2.54. The van der Waals surface area contributed by atoms with E-state index in [-0.39, 0.29) is 6.09 Å². The van der Waals surface area contributed by atoms with Gasteiger partial charge in [0.1, 0.15) is 0 Å². The summed E-state index contributed by atoms with van der Waals surface area (Å²) in [5.74, 6) is 0. The molecule has 2 heterocycles. The number of rotatable bonds is 2. The topological polar surface area (TPSA) is 42.0 Å². The van der Waals surface area contributed by atoms with Crippen molar-refractivity contribution in [2.24, 2.45) is 0 Å². The lowest BCUT2D eigenvalue weighted by Gasteiger charge is -2.29. The lowest BCUT2D eigenvalue weighted by atomic mass is 9.97. The molecule has 0 aromatic heterocycles. The third-order valence-corrected chi connectivity index (χ3v) is 4.23. The Bertz CT molecular complexity index is 512. The van der Waals surface area contributed by atoms with E-state index in [1.165, 1.54) is 23.8 Å². The first-order valence-electron chi connectivity index (χ1n) is 7.50. The Balaban J connectivity index is 1.66. The quantitative estimate of drug-likeness (QED) is 0.830. The number of hydrogen-bond acceptors (Lipinski definition) is 4. The molecule has 0 unspecified atom stereocenters. The Morgan fingerprint density at radius 1 is 1.24 bits per heavy atom. The monoisotopic (exact) mass is 290 g/mol. The van der Waals surface area contributed by atoms with Crippen molar-refractivity contribution in [2.45, 2.75) is 19.5 Å². The van der Waals surface area contributed by atoms with E-state index in [2.05, 4.69) is 23.1 Å². The molecule has 3 rings (SSSR count). The van der Waals surface area contributed by atoms with Crippen LogP contribution in [0.15, 0.2) is 18.2 Å². The summed E-state index contributed by atoms with van der Waals surface area (Å²) in [6.07, 6.45) is 0.666. The molecule has 0 aliphatic carbocycles. The number of amides is 1. The number of ether oxygens (including phenoxy) is 2. The van der Waals surface area contributed by atoms with E-state index in [1.54, 1.807) is 4.90 Å². The second kappa shape index (κ2) is 6.45. The molecule has 114 valence electrons. The van der Waals surface area contributed by atoms with Gasteiger partial charge in [0.2, 0.25) is 0 Å². The molecule has 0 atom stereocenters. The zero-order chi connectivity index (χ0) is 14.7. The maximum absolute atomic E-state index is 11.6. The molecule has 1 saturated heterocycles. The Labute approximate surface area is 125 Å². The summed E-state index contributed by atoms with van der Waals surface area (Å²) in [6.45, 7) is 6.05. The fourth-order valence-corrected chi connectivity index (χ4v) is 3.01. The van der Waals surface area contributed by atoms with Crippen LogP contribution in [0.2, 0.25) is 0 Å². The number of carbonyl (C=O) groups excluding carboxylic acids is 1. The lowest BCUT2D eigenvalue weighted by molar-refractivity contribution is 0.0342. The second-order valence-electron chi connectivity index (χ2n) is 5.63. The smallest absolute Gasteiger partial charge is 0.409 e. The number of hydrogen-bond donors (Lipinski definition) is 0. The highest BCUT2D eigenvalue weighted by Gasteiger charge is 2.21. The average molecular weight is 290 g/mol. The van der Waals surface area contributed by atoms with E-state index in [1.807, 2.05) is 0 Å². The van der Waals surface area contributed by atoms with Crippen LogP contribution < -0.4 is 0 Å². The molecule has 2 aliphatic rings. The molecule has 0 radical (unpaired) electrons. The summed E-state index contributed by atoms with van der Waals surface area (Å²) in [6, 6.07) is 6.62. The number of carbonyl (C=O) groups is 1. The first-order chi connectivity index (χ1) is 10.3. The highest BCUT2D eigenvalue weighted by molar-refractivity contribution is 5.68. The lowest BCUT2D eigenvalue weighted by Crippen LogP contribution is -2.36. The van der Waals surface area contributed by atoms with Crippen molar-refractivity contribution in [3.63, 3.8) is 0 Å². The highest BCUT2D eigenvalue weighted by Crippen LogP contribution is 2.21. The van der Waals surface area contributed by atoms with Crippen LogP contribution in [-0.2, 0) is 29.0 Å². The molecular formula is C16H22N2O3. The molecule has 21 heavy (non-hydrogen) atoms. The van der Waals surface area contributed by atoms with Crippen LogP contribution in [0.1, 0.15) is 16.7 Å². The maximum Gasteiger partial charge on any atom is 0.409 e. The summed E-state index contributed by atoms with van der Waals surface area (Å²) < 4.78 is 10.2. The third-order valence-electron chi connectivity index (χ3n) is 4.23. The molecule has 5 nitrogen and oxygen atoms in total. The SMILES string of the molecule is COC(=O)N1CCc2cc(CN3CCOCC3)ccc2C1. The molecule has 0 N–H and O–H groups in total. The molecule has 1 aromatic carbocycles. The van der Waals surface area contributed by atoms with Crippen LogP contribution in [0, 0.1) is 0 Å². The highest BCUT2D eigenvalue weighted by atomic mass is 16.5. The summed E-state index contributed by atoms with van der Waals surface area (Å²) in [7, 11) is 1.43. The molecule has 1 fully saturated rings. The minimum absolute atomic E-state index is 0.238. The first-order valence-corrected chi connectivity index (χ1v) is 7.50. The van der Waals surface area contributed by atoms with E-state index < -0.39 is 0 Å². The van der Waals surface area contributed by atoms with Gasteiger partial charge < -0.3 is 14.4 Å². The van der Waals surface area contributed by atoms with Crippen molar-refractivity contribution in [1.82, 2.24) is 9.80 Å². The maximum atomic E-state index is 11.6. The minimum Gasteiger partial charge on any atom is -0.453 e. The molecule has 2 aliphatic heterocycles. The van der Waals surface area contributed by atoms with Crippen LogP contribution >= 0.6 is 0 Å². The van der Waals surface area contributed by atoms with Gasteiger partial charge in [-0.3, -0.25) is 4.90 Å². The van der Waals surface area contributed by atoms with E-state index in [0.717, 1.165) is 45.8 Å². The van der Waals surface area contributed by atoms with Gasteiger partial charge in [-0.05, 0) is 23.1 Å². The molecule has 1 aromatic rings. The predicted molar refractivity (Wildman–Crippen MR) is 79.1 cm³/mol. The van der Waals surface area contributed by atoms with Gasteiger partial charge in [0.15, 0.2) is 0 Å². The van der Waals surface area contributed by atoms with Gasteiger partial charge in [0.05, 0.1) is 20.3 Å². The van der Waals surface area contributed by atoms with Crippen LogP contribution in [0.4, 0.5) is 4.79 Å². The largest absolute Gasteiger partial charge is 0.453 e. The third kappa shape index (κ3) is 3.36. The van der Waals surface area contributed by atoms with Crippen LogP contribution in [-0.4, -0.2) is 55.9 Å². The number of fused-ring (bicyclic) bond motifs is 1. The van der Waals surface area contributed by atoms with E-state index in [4.69, 9.17) is 9.47 Å². The van der Waals surface area contributed by atoms with Gasteiger partial charge in [-0.25, -0.2) is 4.79 Å². The normalized spacial score (nSPS) is 19.2. The van der Waals surface area contributed by atoms with Crippen LogP contribution in [0.25, 0.3) is 0 Å². The van der Waals surface area contributed by atoms with Gasteiger partial charge in [-0.1, -0.05) is 18.2 Å². The van der Waals surface area contributed by atoms with Crippen molar-refractivity contribution in [3.05, 3.63) is 34.9 Å². The second-order valence-corrected chi connectivity index (χ2v) is 5.63. The minimum atomic E-state index is -0.238. The van der Waals surface area contributed by atoms with Crippen molar-refractivity contribution in [1.29, 1.82) is 0 Å². The van der Waals surface area contributed by atoms with Gasteiger partial charge in [-0.15, -0.1) is 0 Å². The Morgan fingerprint density at radius 3 is 2.81 bits per heavy atom. The van der Waals surface area contributed by atoms with Gasteiger partial charge in [0, 0.05) is 32.7 Å². The van der Waals surface area contributed by atoms with Gasteiger partial charge in [0.25, 0.3) is 0 Å². The predicted octanol–water partition coefficient (Wildman–Crippen LogP) is 1.64. The van der Waals surface area contributed by atoms with Crippen molar-refractivity contribution < 1.29 is 14.3 Å². The Hall–Kier alpha value is -1.59. The fraction of sp³-hybridized carbons (Fsp3) is 0.562. The summed E-state index contributed by atoms with van der Waals surface area (Å²) in [5.41, 5.74) is 3.94.